The lowest BCUT2D eigenvalue weighted by atomic mass is 10.0. The molecular weight excluding hydrogens is 216 g/mol. The third kappa shape index (κ3) is 1.20. The molecule has 1 aliphatic rings. The summed E-state index contributed by atoms with van der Waals surface area (Å²) in [6.07, 6.45) is 3.08. The first-order chi connectivity index (χ1) is 5.81. The largest absolute Gasteiger partial charge is 0.303 e. The first kappa shape index (κ1) is 7.99. The summed E-state index contributed by atoms with van der Waals surface area (Å²) < 4.78 is 1.10. The normalized spacial score (nSPS) is 20.6. The summed E-state index contributed by atoms with van der Waals surface area (Å²) in [4.78, 5) is 10.6. The van der Waals surface area contributed by atoms with Gasteiger partial charge in [-0.3, -0.25) is 0 Å². The molecule has 0 aliphatic heterocycles. The quantitative estimate of drug-likeness (QED) is 0.671. The molecule has 0 heterocycles. The van der Waals surface area contributed by atoms with Gasteiger partial charge in [-0.25, -0.2) is 0 Å². The van der Waals surface area contributed by atoms with Crippen LogP contribution in [0.4, 0.5) is 0 Å². The number of fused-ring (bicyclic) bond motifs is 1. The monoisotopic (exact) mass is 224 g/mol. The van der Waals surface area contributed by atoms with Gasteiger partial charge >= 0.3 is 0 Å². The van der Waals surface area contributed by atoms with E-state index >= 15 is 0 Å². The number of aryl methyl sites for hydroxylation is 1. The fraction of sp³-hybridized carbons (Fsp3) is 0.300. The van der Waals surface area contributed by atoms with Crippen molar-refractivity contribution in [3.05, 3.63) is 33.8 Å². The molecule has 0 radical (unpaired) electrons. The molecule has 0 saturated carbocycles. The van der Waals surface area contributed by atoms with Crippen LogP contribution in [0, 0.1) is 0 Å². The average Bonchev–Trinajstić information content (AvgIpc) is 2.46. The standard InChI is InChI=1S/C10H9BrO/c11-9-3-4-10-7(5-9)1-2-8(10)6-12/h3-6,8H,1-2H2/t8-/m1/s1. The Balaban J connectivity index is 2.47. The highest BCUT2D eigenvalue weighted by Crippen LogP contribution is 2.32. The molecule has 0 fully saturated rings. The van der Waals surface area contributed by atoms with Gasteiger partial charge in [0.25, 0.3) is 0 Å². The van der Waals surface area contributed by atoms with Crippen molar-refractivity contribution >= 4 is 22.2 Å². The second-order valence-electron chi connectivity index (χ2n) is 3.12. The molecular formula is C10H9BrO. The number of hydrogen-bond acceptors (Lipinski definition) is 1. The topological polar surface area (TPSA) is 17.1 Å². The minimum atomic E-state index is 0.146. The first-order valence-electron chi connectivity index (χ1n) is 4.05. The molecule has 2 heteroatoms. The van der Waals surface area contributed by atoms with Crippen molar-refractivity contribution in [1.82, 2.24) is 0 Å². The number of carbonyl (C=O) groups is 1. The van der Waals surface area contributed by atoms with Gasteiger partial charge in [0.1, 0.15) is 6.29 Å². The Bertz CT molecular complexity index is 320. The van der Waals surface area contributed by atoms with Gasteiger partial charge in [-0.1, -0.05) is 22.0 Å². The molecule has 1 aromatic rings. The Kier molecular flexibility index (Phi) is 2.01. The van der Waals surface area contributed by atoms with Crippen LogP contribution in [0.3, 0.4) is 0 Å². The average molecular weight is 225 g/mol. The van der Waals surface area contributed by atoms with E-state index in [4.69, 9.17) is 0 Å². The molecule has 62 valence electrons. The maximum absolute atomic E-state index is 10.6. The molecule has 0 unspecified atom stereocenters. The summed E-state index contributed by atoms with van der Waals surface area (Å²) >= 11 is 3.42. The molecule has 1 aliphatic carbocycles. The van der Waals surface area contributed by atoms with Crippen LogP contribution in [0.2, 0.25) is 0 Å². The predicted molar refractivity (Wildman–Crippen MR) is 51.3 cm³/mol. The maximum atomic E-state index is 10.6. The van der Waals surface area contributed by atoms with Gasteiger partial charge < -0.3 is 4.79 Å². The third-order valence-electron chi connectivity index (χ3n) is 2.39. The van der Waals surface area contributed by atoms with Crippen molar-refractivity contribution in [3.8, 4) is 0 Å². The fourth-order valence-electron chi connectivity index (χ4n) is 1.76. The SMILES string of the molecule is O=C[C@H]1CCc2cc(Br)ccc21. The van der Waals surface area contributed by atoms with Crippen LogP contribution in [0.5, 0.6) is 0 Å². The third-order valence-corrected chi connectivity index (χ3v) is 2.89. The maximum Gasteiger partial charge on any atom is 0.127 e. The zero-order chi connectivity index (χ0) is 8.55. The number of hydrogen-bond donors (Lipinski definition) is 0. The van der Waals surface area contributed by atoms with Crippen molar-refractivity contribution in [2.24, 2.45) is 0 Å². The Morgan fingerprint density at radius 2 is 2.33 bits per heavy atom. The molecule has 0 amide bonds. The highest BCUT2D eigenvalue weighted by atomic mass is 79.9. The van der Waals surface area contributed by atoms with Gasteiger partial charge in [-0.15, -0.1) is 0 Å². The molecule has 0 bridgehead atoms. The number of rotatable bonds is 1. The Hall–Kier alpha value is -0.630. The molecule has 1 nitrogen and oxygen atoms in total. The highest BCUT2D eigenvalue weighted by Gasteiger charge is 2.21. The highest BCUT2D eigenvalue weighted by molar-refractivity contribution is 9.10. The Morgan fingerprint density at radius 1 is 1.50 bits per heavy atom. The smallest absolute Gasteiger partial charge is 0.127 e. The summed E-state index contributed by atoms with van der Waals surface area (Å²) in [6, 6.07) is 6.16. The molecule has 0 spiro atoms. The van der Waals surface area contributed by atoms with Crippen LogP contribution < -0.4 is 0 Å². The van der Waals surface area contributed by atoms with E-state index in [1.165, 1.54) is 11.1 Å². The fourth-order valence-corrected chi connectivity index (χ4v) is 2.17. The van der Waals surface area contributed by atoms with Gasteiger partial charge in [0, 0.05) is 10.4 Å². The zero-order valence-electron chi connectivity index (χ0n) is 6.59. The van der Waals surface area contributed by atoms with Crippen molar-refractivity contribution in [3.63, 3.8) is 0 Å². The van der Waals surface area contributed by atoms with Crippen molar-refractivity contribution < 1.29 is 4.79 Å². The number of benzene rings is 1. The van der Waals surface area contributed by atoms with E-state index in [-0.39, 0.29) is 5.92 Å². The van der Waals surface area contributed by atoms with Gasteiger partial charge in [-0.2, -0.15) is 0 Å². The second-order valence-corrected chi connectivity index (χ2v) is 4.04. The van der Waals surface area contributed by atoms with Crippen LogP contribution in [-0.4, -0.2) is 6.29 Å². The Labute approximate surface area is 79.9 Å². The zero-order valence-corrected chi connectivity index (χ0v) is 8.17. The number of halogens is 1. The first-order valence-corrected chi connectivity index (χ1v) is 4.84. The van der Waals surface area contributed by atoms with Gasteiger partial charge in [0.2, 0.25) is 0 Å². The van der Waals surface area contributed by atoms with Gasteiger partial charge in [0.05, 0.1) is 0 Å². The van der Waals surface area contributed by atoms with Gasteiger partial charge in [0.15, 0.2) is 0 Å². The van der Waals surface area contributed by atoms with Crippen LogP contribution in [0.25, 0.3) is 0 Å². The van der Waals surface area contributed by atoms with E-state index in [1.807, 2.05) is 12.1 Å². The lowest BCUT2D eigenvalue weighted by Gasteiger charge is -2.02. The molecule has 0 saturated heterocycles. The summed E-state index contributed by atoms with van der Waals surface area (Å²) in [7, 11) is 0. The minimum Gasteiger partial charge on any atom is -0.303 e. The van der Waals surface area contributed by atoms with E-state index in [9.17, 15) is 4.79 Å². The van der Waals surface area contributed by atoms with Crippen LogP contribution in [0.15, 0.2) is 22.7 Å². The lowest BCUT2D eigenvalue weighted by Crippen LogP contribution is -1.92. The van der Waals surface area contributed by atoms with Gasteiger partial charge in [-0.05, 0) is 36.1 Å². The Morgan fingerprint density at radius 3 is 3.08 bits per heavy atom. The number of aldehydes is 1. The lowest BCUT2D eigenvalue weighted by molar-refractivity contribution is -0.109. The van der Waals surface area contributed by atoms with Crippen molar-refractivity contribution in [2.75, 3.05) is 0 Å². The summed E-state index contributed by atoms with van der Waals surface area (Å²) in [6.45, 7) is 0. The van der Waals surface area contributed by atoms with Crippen LogP contribution in [0.1, 0.15) is 23.5 Å². The molecule has 0 aromatic heterocycles. The molecule has 1 aromatic carbocycles. The van der Waals surface area contributed by atoms with E-state index in [0.29, 0.717) is 0 Å². The molecule has 2 rings (SSSR count). The second kappa shape index (κ2) is 3.02. The van der Waals surface area contributed by atoms with E-state index < -0.39 is 0 Å². The van der Waals surface area contributed by atoms with E-state index in [1.54, 1.807) is 0 Å². The summed E-state index contributed by atoms with van der Waals surface area (Å²) in [5.74, 6) is 0.146. The molecule has 1 atom stereocenters. The van der Waals surface area contributed by atoms with Crippen LogP contribution in [-0.2, 0) is 11.2 Å². The van der Waals surface area contributed by atoms with E-state index in [0.717, 1.165) is 23.6 Å². The van der Waals surface area contributed by atoms with Crippen molar-refractivity contribution in [1.29, 1.82) is 0 Å². The summed E-state index contributed by atoms with van der Waals surface area (Å²) in [5, 5.41) is 0. The number of carbonyl (C=O) groups excluding carboxylic acids is 1. The summed E-state index contributed by atoms with van der Waals surface area (Å²) in [5.41, 5.74) is 2.54. The predicted octanol–water partition coefficient (Wildman–Crippen LogP) is 2.68. The van der Waals surface area contributed by atoms with E-state index in [2.05, 4.69) is 22.0 Å². The van der Waals surface area contributed by atoms with Crippen molar-refractivity contribution in [2.45, 2.75) is 18.8 Å². The molecule has 0 N–H and O–H groups in total. The minimum absolute atomic E-state index is 0.146. The molecule has 12 heavy (non-hydrogen) atoms. The van der Waals surface area contributed by atoms with Crippen LogP contribution >= 0.6 is 15.9 Å².